The van der Waals surface area contributed by atoms with Gasteiger partial charge in [0.2, 0.25) is 0 Å². The Labute approximate surface area is 106 Å². The lowest BCUT2D eigenvalue weighted by Crippen LogP contribution is -2.58. The molecule has 17 heavy (non-hydrogen) atoms. The first kappa shape index (κ1) is 14.2. The molecule has 0 fully saturated rings. The van der Waals surface area contributed by atoms with Crippen molar-refractivity contribution in [3.63, 3.8) is 0 Å². The molecular formula is C12H19NO3S. The number of aliphatic carboxylic acids is 1. The molecular weight excluding hydrogens is 238 g/mol. The topological polar surface area (TPSA) is 58.6 Å². The number of carboxylic acids is 1. The van der Waals surface area contributed by atoms with E-state index in [1.807, 2.05) is 31.4 Å². The third kappa shape index (κ3) is 3.28. The van der Waals surface area contributed by atoms with Crippen LogP contribution in [0.3, 0.4) is 0 Å². The van der Waals surface area contributed by atoms with Crippen LogP contribution in [-0.4, -0.2) is 30.3 Å². The van der Waals surface area contributed by atoms with Crippen molar-refractivity contribution in [2.24, 2.45) is 5.92 Å². The zero-order valence-corrected chi connectivity index (χ0v) is 11.2. The molecule has 1 aromatic heterocycles. The number of ether oxygens (including phenoxy) is 1. The van der Waals surface area contributed by atoms with Crippen LogP contribution in [-0.2, 0) is 16.1 Å². The van der Waals surface area contributed by atoms with E-state index < -0.39 is 11.5 Å². The second kappa shape index (κ2) is 6.14. The summed E-state index contributed by atoms with van der Waals surface area (Å²) in [5.41, 5.74) is -1.03. The van der Waals surface area contributed by atoms with Gasteiger partial charge in [-0.15, -0.1) is 11.3 Å². The van der Waals surface area contributed by atoms with E-state index in [4.69, 9.17) is 4.74 Å². The molecule has 4 nitrogen and oxygen atoms in total. The molecule has 0 bridgehead atoms. The van der Waals surface area contributed by atoms with Gasteiger partial charge in [0.25, 0.3) is 0 Å². The molecule has 1 aromatic rings. The zero-order valence-electron chi connectivity index (χ0n) is 10.4. The van der Waals surface area contributed by atoms with Gasteiger partial charge in [0.05, 0.1) is 6.61 Å². The van der Waals surface area contributed by atoms with Crippen molar-refractivity contribution in [1.29, 1.82) is 0 Å². The monoisotopic (exact) mass is 257 g/mol. The summed E-state index contributed by atoms with van der Waals surface area (Å²) in [6.07, 6.45) is 0. The SMILES string of the molecule is COCC(NCc1cccs1)(C(=O)O)C(C)C. The second-order valence-corrected chi connectivity index (χ2v) is 5.33. The van der Waals surface area contributed by atoms with Crippen molar-refractivity contribution in [3.8, 4) is 0 Å². The van der Waals surface area contributed by atoms with Crippen LogP contribution >= 0.6 is 11.3 Å². The summed E-state index contributed by atoms with van der Waals surface area (Å²) in [4.78, 5) is 12.6. The number of carbonyl (C=O) groups is 1. The molecule has 96 valence electrons. The predicted molar refractivity (Wildman–Crippen MR) is 68.2 cm³/mol. The largest absolute Gasteiger partial charge is 0.480 e. The Morgan fingerprint density at radius 2 is 2.35 bits per heavy atom. The predicted octanol–water partition coefficient (Wildman–Crippen LogP) is 1.96. The first-order valence-electron chi connectivity index (χ1n) is 5.52. The Kier molecular flexibility index (Phi) is 5.11. The summed E-state index contributed by atoms with van der Waals surface area (Å²) in [5, 5.41) is 14.5. The summed E-state index contributed by atoms with van der Waals surface area (Å²) in [6, 6.07) is 3.94. The van der Waals surface area contributed by atoms with E-state index in [9.17, 15) is 9.90 Å². The Bertz CT molecular complexity index is 351. The fourth-order valence-electron chi connectivity index (χ4n) is 1.69. The minimum absolute atomic E-state index is 0.0556. The molecule has 0 aliphatic carbocycles. The van der Waals surface area contributed by atoms with Crippen molar-refractivity contribution < 1.29 is 14.6 Å². The van der Waals surface area contributed by atoms with Crippen LogP contribution in [0.25, 0.3) is 0 Å². The van der Waals surface area contributed by atoms with Gasteiger partial charge in [0.1, 0.15) is 5.54 Å². The highest BCUT2D eigenvalue weighted by Gasteiger charge is 2.41. The van der Waals surface area contributed by atoms with Gasteiger partial charge in [-0.1, -0.05) is 19.9 Å². The van der Waals surface area contributed by atoms with Gasteiger partial charge in [0.15, 0.2) is 0 Å². The van der Waals surface area contributed by atoms with Gasteiger partial charge in [0, 0.05) is 18.5 Å². The summed E-state index contributed by atoms with van der Waals surface area (Å²) in [6.45, 7) is 4.47. The van der Waals surface area contributed by atoms with Crippen LogP contribution in [0.15, 0.2) is 17.5 Å². The second-order valence-electron chi connectivity index (χ2n) is 4.30. The fourth-order valence-corrected chi connectivity index (χ4v) is 2.34. The highest BCUT2D eigenvalue weighted by molar-refractivity contribution is 7.09. The van der Waals surface area contributed by atoms with Crippen molar-refractivity contribution in [3.05, 3.63) is 22.4 Å². The number of hydrogen-bond acceptors (Lipinski definition) is 4. The average molecular weight is 257 g/mol. The number of carboxylic acid groups (broad SMARTS) is 1. The molecule has 2 N–H and O–H groups in total. The van der Waals surface area contributed by atoms with Gasteiger partial charge in [-0.25, -0.2) is 0 Å². The molecule has 0 spiro atoms. The van der Waals surface area contributed by atoms with Crippen molar-refractivity contribution in [2.45, 2.75) is 25.9 Å². The number of nitrogens with one attached hydrogen (secondary N) is 1. The standard InChI is InChI=1S/C12H19NO3S/c1-9(2)12(8-16-3,11(14)15)13-7-10-5-4-6-17-10/h4-6,9,13H,7-8H2,1-3H3,(H,14,15). The Morgan fingerprint density at radius 3 is 2.76 bits per heavy atom. The Hall–Kier alpha value is -0.910. The van der Waals surface area contributed by atoms with E-state index >= 15 is 0 Å². The zero-order chi connectivity index (χ0) is 12.9. The van der Waals surface area contributed by atoms with Crippen LogP contribution in [0.1, 0.15) is 18.7 Å². The quantitative estimate of drug-likeness (QED) is 0.784. The molecule has 1 heterocycles. The third-order valence-electron chi connectivity index (χ3n) is 2.90. The van der Waals surface area contributed by atoms with Crippen molar-refractivity contribution >= 4 is 17.3 Å². The Balaban J connectivity index is 2.78. The van der Waals surface area contributed by atoms with E-state index in [1.54, 1.807) is 11.3 Å². The number of rotatable bonds is 7. The molecule has 1 atom stereocenters. The molecule has 5 heteroatoms. The number of thiophene rings is 1. The lowest BCUT2D eigenvalue weighted by Gasteiger charge is -2.33. The molecule has 0 aliphatic rings. The molecule has 1 rings (SSSR count). The highest BCUT2D eigenvalue weighted by atomic mass is 32.1. The Morgan fingerprint density at radius 1 is 1.65 bits per heavy atom. The number of hydrogen-bond donors (Lipinski definition) is 2. The lowest BCUT2D eigenvalue weighted by atomic mass is 9.87. The van der Waals surface area contributed by atoms with Gasteiger partial charge in [-0.3, -0.25) is 10.1 Å². The molecule has 0 aromatic carbocycles. The average Bonchev–Trinajstić information content (AvgIpc) is 2.76. The van der Waals surface area contributed by atoms with Gasteiger partial charge >= 0.3 is 5.97 Å². The maximum Gasteiger partial charge on any atom is 0.326 e. The lowest BCUT2D eigenvalue weighted by molar-refractivity contribution is -0.150. The van der Waals surface area contributed by atoms with Crippen LogP contribution in [0.4, 0.5) is 0 Å². The van der Waals surface area contributed by atoms with Gasteiger partial charge in [-0.2, -0.15) is 0 Å². The molecule has 0 aliphatic heterocycles. The third-order valence-corrected chi connectivity index (χ3v) is 3.77. The molecule has 0 saturated carbocycles. The summed E-state index contributed by atoms with van der Waals surface area (Å²) in [5.74, 6) is -0.925. The van der Waals surface area contributed by atoms with Gasteiger partial charge in [-0.05, 0) is 17.4 Å². The first-order chi connectivity index (χ1) is 8.03. The van der Waals surface area contributed by atoms with E-state index in [0.717, 1.165) is 4.88 Å². The van der Waals surface area contributed by atoms with E-state index in [0.29, 0.717) is 6.54 Å². The fraction of sp³-hybridized carbons (Fsp3) is 0.583. The molecule has 0 saturated heterocycles. The summed E-state index contributed by atoms with van der Waals surface area (Å²) < 4.78 is 5.06. The minimum atomic E-state index is -1.03. The highest BCUT2D eigenvalue weighted by Crippen LogP contribution is 2.20. The van der Waals surface area contributed by atoms with Crippen LogP contribution in [0.2, 0.25) is 0 Å². The van der Waals surface area contributed by atoms with Gasteiger partial charge < -0.3 is 9.84 Å². The molecule has 0 amide bonds. The summed E-state index contributed by atoms with van der Waals surface area (Å²) >= 11 is 1.61. The van der Waals surface area contributed by atoms with Crippen LogP contribution < -0.4 is 5.32 Å². The number of methoxy groups -OCH3 is 1. The van der Waals surface area contributed by atoms with Crippen LogP contribution in [0.5, 0.6) is 0 Å². The van der Waals surface area contributed by atoms with E-state index in [1.165, 1.54) is 7.11 Å². The van der Waals surface area contributed by atoms with E-state index in [-0.39, 0.29) is 12.5 Å². The molecule has 0 radical (unpaired) electrons. The maximum atomic E-state index is 11.5. The van der Waals surface area contributed by atoms with Crippen molar-refractivity contribution in [1.82, 2.24) is 5.32 Å². The maximum absolute atomic E-state index is 11.5. The van der Waals surface area contributed by atoms with E-state index in [2.05, 4.69) is 5.32 Å². The molecule has 1 unspecified atom stereocenters. The minimum Gasteiger partial charge on any atom is -0.480 e. The normalized spacial score (nSPS) is 14.8. The van der Waals surface area contributed by atoms with Crippen LogP contribution in [0, 0.1) is 5.92 Å². The summed E-state index contributed by atoms with van der Waals surface area (Å²) in [7, 11) is 1.52. The van der Waals surface area contributed by atoms with Crippen molar-refractivity contribution in [2.75, 3.05) is 13.7 Å². The first-order valence-corrected chi connectivity index (χ1v) is 6.40. The smallest absolute Gasteiger partial charge is 0.326 e.